The van der Waals surface area contributed by atoms with Crippen molar-refractivity contribution in [2.45, 2.75) is 33.1 Å². The van der Waals surface area contributed by atoms with Gasteiger partial charge in [0.2, 0.25) is 11.8 Å². The average Bonchev–Trinajstić information content (AvgIpc) is 2.82. The molecular formula is C13H22N2O2. The molecule has 4 nitrogen and oxygen atoms in total. The Morgan fingerprint density at radius 1 is 1.24 bits per heavy atom. The van der Waals surface area contributed by atoms with Gasteiger partial charge in [-0.1, -0.05) is 13.8 Å². The number of primary amides is 1. The maximum absolute atomic E-state index is 12.3. The molecule has 0 saturated heterocycles. The minimum Gasteiger partial charge on any atom is -0.368 e. The highest BCUT2D eigenvalue weighted by Gasteiger charge is 2.48. The van der Waals surface area contributed by atoms with Crippen LogP contribution in [0.5, 0.6) is 0 Å². The fourth-order valence-electron chi connectivity index (χ4n) is 3.04. The van der Waals surface area contributed by atoms with Crippen molar-refractivity contribution >= 4 is 11.8 Å². The number of hydrogen-bond donors (Lipinski definition) is 1. The highest BCUT2D eigenvalue weighted by molar-refractivity contribution is 5.85. The molecule has 0 aliphatic heterocycles. The van der Waals surface area contributed by atoms with Gasteiger partial charge in [0.1, 0.15) is 0 Å². The summed E-state index contributed by atoms with van der Waals surface area (Å²) in [5, 5.41) is 0. The molecule has 17 heavy (non-hydrogen) atoms. The molecule has 0 aromatic carbocycles. The van der Waals surface area contributed by atoms with Crippen molar-refractivity contribution in [1.29, 1.82) is 0 Å². The van der Waals surface area contributed by atoms with Gasteiger partial charge in [-0.3, -0.25) is 9.59 Å². The molecule has 96 valence electrons. The van der Waals surface area contributed by atoms with E-state index in [4.69, 9.17) is 5.73 Å². The zero-order valence-electron chi connectivity index (χ0n) is 10.7. The van der Waals surface area contributed by atoms with Gasteiger partial charge in [0.05, 0.1) is 6.54 Å². The first-order valence-electron chi connectivity index (χ1n) is 6.54. The molecule has 0 radical (unpaired) electrons. The minimum atomic E-state index is -0.415. The summed E-state index contributed by atoms with van der Waals surface area (Å²) >= 11 is 0. The highest BCUT2D eigenvalue weighted by Crippen LogP contribution is 2.54. The topological polar surface area (TPSA) is 63.4 Å². The van der Waals surface area contributed by atoms with E-state index in [0.717, 1.165) is 24.7 Å². The summed E-state index contributed by atoms with van der Waals surface area (Å²) in [4.78, 5) is 25.0. The summed E-state index contributed by atoms with van der Waals surface area (Å²) in [5.41, 5.74) is 5.21. The molecule has 2 atom stereocenters. The largest absolute Gasteiger partial charge is 0.368 e. The summed E-state index contributed by atoms with van der Waals surface area (Å²) in [7, 11) is 0. The lowest BCUT2D eigenvalue weighted by atomic mass is 10.0. The van der Waals surface area contributed by atoms with Crippen LogP contribution >= 0.6 is 0 Å². The third-order valence-corrected chi connectivity index (χ3v) is 3.84. The van der Waals surface area contributed by atoms with Crippen LogP contribution in [0.1, 0.15) is 33.1 Å². The monoisotopic (exact) mass is 238 g/mol. The van der Waals surface area contributed by atoms with E-state index in [1.165, 1.54) is 6.42 Å². The summed E-state index contributed by atoms with van der Waals surface area (Å²) < 4.78 is 0. The van der Waals surface area contributed by atoms with E-state index >= 15 is 0 Å². The zero-order chi connectivity index (χ0) is 12.6. The Morgan fingerprint density at radius 2 is 1.82 bits per heavy atom. The van der Waals surface area contributed by atoms with Crippen LogP contribution in [0, 0.1) is 23.7 Å². The van der Waals surface area contributed by atoms with Crippen molar-refractivity contribution in [3.05, 3.63) is 0 Å². The van der Waals surface area contributed by atoms with Crippen molar-refractivity contribution in [3.63, 3.8) is 0 Å². The van der Waals surface area contributed by atoms with Crippen molar-refractivity contribution < 1.29 is 9.59 Å². The molecular weight excluding hydrogens is 216 g/mol. The lowest BCUT2D eigenvalue weighted by molar-refractivity contribution is -0.139. The second-order valence-corrected chi connectivity index (χ2v) is 6.00. The Kier molecular flexibility index (Phi) is 3.40. The second-order valence-electron chi connectivity index (χ2n) is 6.00. The van der Waals surface area contributed by atoms with Crippen LogP contribution in [0.4, 0.5) is 0 Å². The van der Waals surface area contributed by atoms with Crippen LogP contribution in [0.25, 0.3) is 0 Å². The van der Waals surface area contributed by atoms with Gasteiger partial charge in [0, 0.05) is 12.5 Å². The molecule has 2 saturated carbocycles. The van der Waals surface area contributed by atoms with Gasteiger partial charge in [0.25, 0.3) is 0 Å². The van der Waals surface area contributed by atoms with Crippen LogP contribution in [-0.4, -0.2) is 29.8 Å². The van der Waals surface area contributed by atoms with E-state index in [0.29, 0.717) is 12.5 Å². The fourth-order valence-corrected chi connectivity index (χ4v) is 3.04. The van der Waals surface area contributed by atoms with Crippen LogP contribution < -0.4 is 5.73 Å². The highest BCUT2D eigenvalue weighted by atomic mass is 16.2. The molecule has 0 aromatic heterocycles. The molecule has 0 bridgehead atoms. The van der Waals surface area contributed by atoms with E-state index in [-0.39, 0.29) is 18.4 Å². The van der Waals surface area contributed by atoms with Crippen molar-refractivity contribution in [3.8, 4) is 0 Å². The molecule has 2 fully saturated rings. The molecule has 2 amide bonds. The van der Waals surface area contributed by atoms with E-state index in [1.54, 1.807) is 4.90 Å². The summed E-state index contributed by atoms with van der Waals surface area (Å²) in [6, 6.07) is 0. The Morgan fingerprint density at radius 3 is 2.29 bits per heavy atom. The van der Waals surface area contributed by atoms with Crippen LogP contribution in [-0.2, 0) is 9.59 Å². The van der Waals surface area contributed by atoms with Crippen LogP contribution in [0.2, 0.25) is 0 Å². The average molecular weight is 238 g/mol. The van der Waals surface area contributed by atoms with Gasteiger partial charge in [-0.25, -0.2) is 0 Å². The SMILES string of the molecule is CC(C)CN(CC(N)=O)C(=O)C1CC2CC2C1. The van der Waals surface area contributed by atoms with E-state index < -0.39 is 5.91 Å². The van der Waals surface area contributed by atoms with Gasteiger partial charge in [0.15, 0.2) is 0 Å². The second kappa shape index (κ2) is 4.67. The predicted octanol–water partition coefficient (Wildman–Crippen LogP) is 1.00. The fraction of sp³-hybridized carbons (Fsp3) is 0.846. The Balaban J connectivity index is 1.93. The molecule has 2 unspecified atom stereocenters. The predicted molar refractivity (Wildman–Crippen MR) is 64.9 cm³/mol. The van der Waals surface area contributed by atoms with Gasteiger partial charge in [-0.05, 0) is 37.0 Å². The van der Waals surface area contributed by atoms with Gasteiger partial charge in [-0.15, -0.1) is 0 Å². The number of amides is 2. The Hall–Kier alpha value is -1.06. The molecule has 2 aliphatic rings. The van der Waals surface area contributed by atoms with Crippen molar-refractivity contribution in [2.75, 3.05) is 13.1 Å². The first-order valence-corrected chi connectivity index (χ1v) is 6.54. The summed E-state index contributed by atoms with van der Waals surface area (Å²) in [5.74, 6) is 1.83. The third-order valence-electron chi connectivity index (χ3n) is 3.84. The number of rotatable bonds is 5. The quantitative estimate of drug-likeness (QED) is 0.776. The van der Waals surface area contributed by atoms with Crippen LogP contribution in [0.15, 0.2) is 0 Å². The maximum atomic E-state index is 12.3. The number of hydrogen-bond acceptors (Lipinski definition) is 2. The smallest absolute Gasteiger partial charge is 0.237 e. The zero-order valence-corrected chi connectivity index (χ0v) is 10.7. The molecule has 4 heteroatoms. The first kappa shape index (κ1) is 12.4. The van der Waals surface area contributed by atoms with E-state index in [1.807, 2.05) is 13.8 Å². The molecule has 2 rings (SSSR count). The number of fused-ring (bicyclic) bond motifs is 1. The minimum absolute atomic E-state index is 0.0723. The van der Waals surface area contributed by atoms with E-state index in [2.05, 4.69) is 0 Å². The van der Waals surface area contributed by atoms with Gasteiger partial charge < -0.3 is 10.6 Å². The molecule has 2 N–H and O–H groups in total. The first-order chi connectivity index (χ1) is 7.97. The third kappa shape index (κ3) is 2.99. The Labute approximate surface area is 103 Å². The number of nitrogens with zero attached hydrogens (tertiary/aromatic N) is 1. The number of carbonyl (C=O) groups is 2. The van der Waals surface area contributed by atoms with Gasteiger partial charge >= 0.3 is 0 Å². The number of nitrogens with two attached hydrogens (primary N) is 1. The molecule has 0 spiro atoms. The molecule has 2 aliphatic carbocycles. The lowest BCUT2D eigenvalue weighted by Gasteiger charge is -2.26. The number of carbonyl (C=O) groups excluding carboxylic acids is 2. The summed E-state index contributed by atoms with van der Waals surface area (Å²) in [6.07, 6.45) is 3.36. The van der Waals surface area contributed by atoms with Crippen LogP contribution in [0.3, 0.4) is 0 Å². The Bertz CT molecular complexity index is 317. The maximum Gasteiger partial charge on any atom is 0.237 e. The summed E-state index contributed by atoms with van der Waals surface area (Å²) in [6.45, 7) is 4.80. The van der Waals surface area contributed by atoms with Crippen molar-refractivity contribution in [1.82, 2.24) is 4.90 Å². The molecule has 0 aromatic rings. The lowest BCUT2D eigenvalue weighted by Crippen LogP contribution is -2.43. The van der Waals surface area contributed by atoms with Gasteiger partial charge in [-0.2, -0.15) is 0 Å². The molecule has 0 heterocycles. The normalized spacial score (nSPS) is 30.2. The van der Waals surface area contributed by atoms with Crippen molar-refractivity contribution in [2.24, 2.45) is 29.4 Å². The standard InChI is InChI=1S/C13H22N2O2/c1-8(2)6-15(7-12(14)16)13(17)11-4-9-3-10(9)5-11/h8-11H,3-7H2,1-2H3,(H2,14,16). The van der Waals surface area contributed by atoms with E-state index in [9.17, 15) is 9.59 Å².